The van der Waals surface area contributed by atoms with Gasteiger partial charge in [0.1, 0.15) is 31.0 Å². The zero-order valence-corrected chi connectivity index (χ0v) is 41.8. The maximum Gasteiger partial charge on any atom is 0.472 e. The highest BCUT2D eigenvalue weighted by molar-refractivity contribution is 7.47. The summed E-state index contributed by atoms with van der Waals surface area (Å²) >= 11 is 0. The highest BCUT2D eigenvalue weighted by atomic mass is 31.2. The number of ether oxygens (including phenoxy) is 2. The van der Waals surface area contributed by atoms with Crippen molar-refractivity contribution in [3.63, 3.8) is 0 Å². The van der Waals surface area contributed by atoms with Crippen LogP contribution in [-0.4, -0.2) is 120 Å². The molecule has 0 spiro atoms. The van der Waals surface area contributed by atoms with Crippen molar-refractivity contribution in [2.24, 2.45) is 11.8 Å². The Bertz CT molecular complexity index is 1800. The van der Waals surface area contributed by atoms with Crippen LogP contribution in [0.4, 0.5) is 0 Å². The number of unbranched alkanes of at least 4 members (excludes halogenated alkanes) is 6. The Balaban J connectivity index is 2.24. The van der Waals surface area contributed by atoms with Crippen molar-refractivity contribution in [3.8, 4) is 0 Å². The number of hydrogen-bond donors (Lipinski definition) is 8. The number of rotatable bonds is 24. The third-order valence-electron chi connectivity index (χ3n) is 11.2. The Kier molecular flexibility index (Phi) is 31.4. The molecule has 0 aromatic heterocycles. The van der Waals surface area contributed by atoms with Gasteiger partial charge in [0.2, 0.25) is 0 Å². The number of phosphoric ester groups is 2. The van der Waals surface area contributed by atoms with Crippen LogP contribution in [0.2, 0.25) is 0 Å². The number of cyclic esters (lactones) is 1. The summed E-state index contributed by atoms with van der Waals surface area (Å²) in [5.41, 5.74) is 0. The molecule has 18 nitrogen and oxygen atoms in total. The quantitative estimate of drug-likeness (QED) is 0.0209. The lowest BCUT2D eigenvalue weighted by Crippen LogP contribution is -2.56. The Labute approximate surface area is 407 Å². The van der Waals surface area contributed by atoms with Gasteiger partial charge in [-0.25, -0.2) is 9.13 Å². The fourth-order valence-corrected chi connectivity index (χ4v) is 8.86. The molecule has 392 valence electrons. The average molecular weight is 1020 g/mol. The van der Waals surface area contributed by atoms with Crippen LogP contribution in [0.3, 0.4) is 0 Å². The molecule has 20 heteroatoms. The molecule has 0 saturated heterocycles. The van der Waals surface area contributed by atoms with Gasteiger partial charge in [0.15, 0.2) is 11.9 Å². The highest BCUT2D eigenvalue weighted by Gasteiger charge is 2.50. The van der Waals surface area contributed by atoms with E-state index in [1.807, 2.05) is 6.92 Å². The molecule has 2 bridgehead atoms. The third-order valence-corrected chi connectivity index (χ3v) is 12.7. The SMILES string of the molecule is CC/C=C\C/C=C\C/C=C\C/C=C\CCCCCCC(=O)OC[C@@H]1COP(=O)(O)O[C@H]2[C@H](O)[C@@H](O)[C@H](O)[C@H](/C=C\C(=O)[C@H](/C=C/[C@@H](O)CCCCC)[C@@H](O)[C@H]2OP(=O)(O)O)C/C=C\CCCC(=O)O1. The lowest BCUT2D eigenvalue weighted by molar-refractivity contribution is -0.163. The first-order chi connectivity index (χ1) is 32.9. The van der Waals surface area contributed by atoms with Crippen LogP contribution in [0.25, 0.3) is 0 Å². The van der Waals surface area contributed by atoms with E-state index < -0.39 is 107 Å². The smallest absolute Gasteiger partial charge is 0.462 e. The number of carbonyl (C=O) groups excluding carboxylic acids is 3. The van der Waals surface area contributed by atoms with E-state index in [-0.39, 0.29) is 32.1 Å². The number of aliphatic hydroxyl groups is 5. The van der Waals surface area contributed by atoms with Gasteiger partial charge in [-0.05, 0) is 76.7 Å². The summed E-state index contributed by atoms with van der Waals surface area (Å²) in [7, 11) is -11.4. The van der Waals surface area contributed by atoms with Gasteiger partial charge in [0.25, 0.3) is 0 Å². The van der Waals surface area contributed by atoms with E-state index in [1.165, 1.54) is 12.2 Å². The largest absolute Gasteiger partial charge is 0.472 e. The first-order valence-corrected chi connectivity index (χ1v) is 27.2. The van der Waals surface area contributed by atoms with Gasteiger partial charge in [0.05, 0.1) is 30.8 Å². The molecule has 0 radical (unpaired) electrons. The number of aliphatic hydroxyl groups excluding tert-OH is 5. The monoisotopic (exact) mass is 1020 g/mol. The van der Waals surface area contributed by atoms with Crippen LogP contribution in [0.1, 0.15) is 129 Å². The summed E-state index contributed by atoms with van der Waals surface area (Å²) in [6.45, 7) is 2.46. The number of hydrogen-bond acceptors (Lipinski definition) is 15. The van der Waals surface area contributed by atoms with E-state index >= 15 is 0 Å². The van der Waals surface area contributed by atoms with Crippen LogP contribution in [0.5, 0.6) is 0 Å². The molecule has 69 heavy (non-hydrogen) atoms. The van der Waals surface area contributed by atoms with Crippen molar-refractivity contribution >= 4 is 33.4 Å². The van der Waals surface area contributed by atoms with Crippen LogP contribution in [0, 0.1) is 11.8 Å². The molecule has 2 rings (SSSR count). The Hall–Kier alpha value is -3.19. The standard InChI is InChI=1S/C49H78O18P2/c1-3-5-7-8-9-10-11-12-13-14-15-16-17-18-19-20-25-29-42(52)63-35-39-36-64-69(61,62)67-49-47(57)46(56)44(54)37(27-24-21-22-26-30-43(53)65-39)31-34-41(51)40(33-32-38(50)28-23-6-4-2)45(55)48(49)66-68(58,59)60/h5,7,9-10,12-13,15-16,21,24,31-34,37-40,44-50,54-57H,3-4,6,8,11,14,17-20,22-23,25-30,35-36H2,1-2H3,(H,61,62)(H2,58,59,60)/b7-5-,10-9-,13-12-,16-15-,24-21-,33-32+,34-31-/t37-,38-,39+,40-,44+,45+,46-,47+,48+,49-/m0/s1. The molecule has 0 aromatic carbocycles. The van der Waals surface area contributed by atoms with Crippen molar-refractivity contribution in [2.75, 3.05) is 13.2 Å². The molecular weight excluding hydrogens is 938 g/mol. The molecule has 1 aliphatic carbocycles. The van der Waals surface area contributed by atoms with Gasteiger partial charge in [-0.1, -0.05) is 125 Å². The zero-order valence-electron chi connectivity index (χ0n) is 40.1. The Morgan fingerprint density at radius 3 is 2.20 bits per heavy atom. The van der Waals surface area contributed by atoms with E-state index in [1.54, 1.807) is 12.2 Å². The molecule has 11 atom stereocenters. The Morgan fingerprint density at radius 1 is 0.870 bits per heavy atom. The molecule has 0 fully saturated rings. The van der Waals surface area contributed by atoms with Crippen LogP contribution in [0.15, 0.2) is 85.1 Å². The number of phosphoric acid groups is 2. The van der Waals surface area contributed by atoms with Crippen molar-refractivity contribution in [3.05, 3.63) is 85.1 Å². The lowest BCUT2D eigenvalue weighted by atomic mass is 9.87. The lowest BCUT2D eigenvalue weighted by Gasteiger charge is -2.38. The summed E-state index contributed by atoms with van der Waals surface area (Å²) in [4.78, 5) is 70.3. The maximum atomic E-state index is 13.8. The fraction of sp³-hybridized carbons (Fsp3) is 0.653. The summed E-state index contributed by atoms with van der Waals surface area (Å²) in [5.74, 6) is -5.33. The third kappa shape index (κ3) is 27.3. The predicted octanol–water partition coefficient (Wildman–Crippen LogP) is 7.01. The van der Waals surface area contributed by atoms with E-state index in [4.69, 9.17) is 23.0 Å². The van der Waals surface area contributed by atoms with Gasteiger partial charge in [0, 0.05) is 18.8 Å². The van der Waals surface area contributed by atoms with Gasteiger partial charge in [-0.3, -0.25) is 28.0 Å². The second kappa shape index (κ2) is 35.0. The van der Waals surface area contributed by atoms with Gasteiger partial charge in [-0.15, -0.1) is 0 Å². The number of allylic oxidation sites excluding steroid dienone is 11. The summed E-state index contributed by atoms with van der Waals surface area (Å²) < 4.78 is 52.0. The fourth-order valence-electron chi connectivity index (χ4n) is 7.33. The van der Waals surface area contributed by atoms with Crippen molar-refractivity contribution in [1.82, 2.24) is 0 Å². The molecule has 1 aliphatic heterocycles. The Morgan fingerprint density at radius 2 is 1.54 bits per heavy atom. The first-order valence-electron chi connectivity index (χ1n) is 24.2. The van der Waals surface area contributed by atoms with E-state index in [0.717, 1.165) is 76.4 Å². The predicted molar refractivity (Wildman–Crippen MR) is 259 cm³/mol. The molecule has 0 amide bonds. The number of fused-ring (bicyclic) bond motifs is 4. The number of carbonyl (C=O) groups is 3. The van der Waals surface area contributed by atoms with Crippen LogP contribution < -0.4 is 0 Å². The summed E-state index contributed by atoms with van der Waals surface area (Å²) in [5, 5.41) is 56.4. The normalized spacial score (nSPS) is 30.0. The van der Waals surface area contributed by atoms with Crippen molar-refractivity contribution in [1.29, 1.82) is 0 Å². The van der Waals surface area contributed by atoms with Crippen molar-refractivity contribution in [2.45, 2.75) is 178 Å². The van der Waals surface area contributed by atoms with Crippen LogP contribution >= 0.6 is 15.6 Å². The van der Waals surface area contributed by atoms with E-state index in [0.29, 0.717) is 19.3 Å². The molecule has 0 saturated carbocycles. The average Bonchev–Trinajstić information content (AvgIpc) is 3.30. The minimum Gasteiger partial charge on any atom is -0.462 e. The highest BCUT2D eigenvalue weighted by Crippen LogP contribution is 2.49. The van der Waals surface area contributed by atoms with Crippen molar-refractivity contribution < 1.29 is 86.8 Å². The molecular formula is C49H78O18P2. The first kappa shape index (κ1) is 61.9. The molecule has 8 N–H and O–H groups in total. The molecule has 0 aromatic rings. The molecule has 1 heterocycles. The zero-order chi connectivity index (χ0) is 51.1. The molecule has 1 unspecified atom stereocenters. The number of esters is 2. The summed E-state index contributed by atoms with van der Waals surface area (Å²) in [6, 6.07) is 0. The molecule has 2 aliphatic rings. The topological polar surface area (TPSA) is 293 Å². The minimum atomic E-state index is -5.76. The summed E-state index contributed by atoms with van der Waals surface area (Å²) in [6.07, 6.45) is 18.0. The second-order valence-electron chi connectivity index (χ2n) is 17.1. The van der Waals surface area contributed by atoms with Gasteiger partial charge >= 0.3 is 27.6 Å². The second-order valence-corrected chi connectivity index (χ2v) is 19.7. The van der Waals surface area contributed by atoms with Crippen LogP contribution in [-0.2, 0) is 46.6 Å². The minimum absolute atomic E-state index is 0.0311. The van der Waals surface area contributed by atoms with E-state index in [2.05, 4.69) is 55.5 Å². The number of ketones is 1. The van der Waals surface area contributed by atoms with Gasteiger partial charge < -0.3 is 49.7 Å². The maximum absolute atomic E-state index is 13.8. The van der Waals surface area contributed by atoms with E-state index in [9.17, 15) is 63.7 Å². The van der Waals surface area contributed by atoms with Gasteiger partial charge in [-0.2, -0.15) is 0 Å².